The third-order valence-electron chi connectivity index (χ3n) is 3.37. The van der Waals surface area contributed by atoms with Crippen LogP contribution in [0, 0.1) is 0 Å². The fourth-order valence-electron chi connectivity index (χ4n) is 2.07. The average molecular weight is 359 g/mol. The summed E-state index contributed by atoms with van der Waals surface area (Å²) >= 11 is 0. The third kappa shape index (κ3) is 6.72. The van der Waals surface area contributed by atoms with Crippen LogP contribution in [0.1, 0.15) is 12.8 Å². The number of carboxylic acid groups (broad SMARTS) is 1. The number of aliphatic carboxylic acids is 1. The fraction of sp³-hybridized carbons (Fsp3) is 0.263. The molecule has 7 nitrogen and oxygen atoms in total. The number of carbonyl (C=O) groups excluding carboxylic acids is 1. The molecule has 0 heterocycles. The van der Waals surface area contributed by atoms with Crippen molar-refractivity contribution in [1.82, 2.24) is 0 Å². The van der Waals surface area contributed by atoms with Crippen molar-refractivity contribution in [2.45, 2.75) is 12.8 Å². The van der Waals surface area contributed by atoms with Gasteiger partial charge in [-0.1, -0.05) is 0 Å². The van der Waals surface area contributed by atoms with Crippen LogP contribution in [0.5, 0.6) is 17.2 Å². The molecule has 0 atom stereocenters. The van der Waals surface area contributed by atoms with Crippen molar-refractivity contribution in [3.8, 4) is 17.2 Å². The molecule has 2 aromatic carbocycles. The van der Waals surface area contributed by atoms with E-state index in [1.165, 1.54) is 0 Å². The summed E-state index contributed by atoms with van der Waals surface area (Å²) in [5, 5.41) is 11.3. The molecule has 0 bridgehead atoms. The SMILES string of the molecule is COc1ccc(OCC(=O)Nc2ccc(OCCCC(=O)O)cc2)cc1. The molecule has 0 aliphatic rings. The van der Waals surface area contributed by atoms with Crippen molar-refractivity contribution < 1.29 is 28.9 Å². The first kappa shape index (κ1) is 19.1. The van der Waals surface area contributed by atoms with Gasteiger partial charge >= 0.3 is 5.97 Å². The maximum atomic E-state index is 11.9. The van der Waals surface area contributed by atoms with Crippen LogP contribution < -0.4 is 19.5 Å². The third-order valence-corrected chi connectivity index (χ3v) is 3.37. The summed E-state index contributed by atoms with van der Waals surface area (Å²) < 4.78 is 15.9. The lowest BCUT2D eigenvalue weighted by Crippen LogP contribution is -2.20. The normalized spacial score (nSPS) is 10.0. The summed E-state index contributed by atoms with van der Waals surface area (Å²) in [5.41, 5.74) is 0.617. The molecule has 0 radical (unpaired) electrons. The fourth-order valence-corrected chi connectivity index (χ4v) is 2.07. The molecular weight excluding hydrogens is 338 g/mol. The first-order valence-corrected chi connectivity index (χ1v) is 8.08. The van der Waals surface area contributed by atoms with Gasteiger partial charge in [-0.15, -0.1) is 0 Å². The molecule has 0 saturated heterocycles. The molecule has 2 aromatic rings. The van der Waals surface area contributed by atoms with Gasteiger partial charge in [-0.25, -0.2) is 0 Å². The molecule has 7 heteroatoms. The number of carboxylic acids is 1. The molecule has 1 amide bonds. The Morgan fingerprint density at radius 3 is 2.12 bits per heavy atom. The Balaban J connectivity index is 1.73. The maximum absolute atomic E-state index is 11.9. The number of benzene rings is 2. The molecule has 138 valence electrons. The van der Waals surface area contributed by atoms with E-state index < -0.39 is 5.97 Å². The largest absolute Gasteiger partial charge is 0.497 e. The second kappa shape index (κ2) is 9.93. The van der Waals surface area contributed by atoms with Gasteiger partial charge in [-0.05, 0) is 55.0 Å². The van der Waals surface area contributed by atoms with Gasteiger partial charge in [-0.3, -0.25) is 9.59 Å². The Bertz CT molecular complexity index is 712. The van der Waals surface area contributed by atoms with Crippen LogP contribution in [0.4, 0.5) is 5.69 Å². The Labute approximate surface area is 151 Å². The molecule has 26 heavy (non-hydrogen) atoms. The highest BCUT2D eigenvalue weighted by Crippen LogP contribution is 2.18. The van der Waals surface area contributed by atoms with E-state index in [2.05, 4.69) is 5.32 Å². The predicted molar refractivity (Wildman–Crippen MR) is 95.9 cm³/mol. The van der Waals surface area contributed by atoms with E-state index in [-0.39, 0.29) is 18.9 Å². The van der Waals surface area contributed by atoms with Crippen molar-refractivity contribution in [2.75, 3.05) is 25.6 Å². The van der Waals surface area contributed by atoms with Gasteiger partial charge in [0.1, 0.15) is 17.2 Å². The highest BCUT2D eigenvalue weighted by Gasteiger charge is 2.05. The van der Waals surface area contributed by atoms with Crippen molar-refractivity contribution in [3.63, 3.8) is 0 Å². The zero-order valence-electron chi connectivity index (χ0n) is 14.4. The summed E-state index contributed by atoms with van der Waals surface area (Å²) in [4.78, 5) is 22.3. The zero-order chi connectivity index (χ0) is 18.8. The van der Waals surface area contributed by atoms with Gasteiger partial charge < -0.3 is 24.6 Å². The molecule has 0 saturated carbocycles. The molecule has 0 aliphatic carbocycles. The highest BCUT2D eigenvalue weighted by molar-refractivity contribution is 5.91. The lowest BCUT2D eigenvalue weighted by molar-refractivity contribution is -0.137. The zero-order valence-corrected chi connectivity index (χ0v) is 14.4. The summed E-state index contributed by atoms with van der Waals surface area (Å²) in [6, 6.07) is 13.8. The van der Waals surface area contributed by atoms with Crippen molar-refractivity contribution in [2.24, 2.45) is 0 Å². The summed E-state index contributed by atoms with van der Waals surface area (Å²) in [6.07, 6.45) is 0.513. The van der Waals surface area contributed by atoms with Crippen LogP contribution in [-0.2, 0) is 9.59 Å². The van der Waals surface area contributed by atoms with E-state index in [0.717, 1.165) is 0 Å². The molecule has 0 fully saturated rings. The average Bonchev–Trinajstić information content (AvgIpc) is 2.65. The topological polar surface area (TPSA) is 94.1 Å². The van der Waals surface area contributed by atoms with Gasteiger partial charge in [0.15, 0.2) is 6.61 Å². The van der Waals surface area contributed by atoms with E-state index in [4.69, 9.17) is 19.3 Å². The van der Waals surface area contributed by atoms with Crippen LogP contribution in [0.15, 0.2) is 48.5 Å². The minimum absolute atomic E-state index is 0.0718. The van der Waals surface area contributed by atoms with E-state index in [0.29, 0.717) is 36.0 Å². The number of anilines is 1. The number of amides is 1. The van der Waals surface area contributed by atoms with Crippen LogP contribution in [0.2, 0.25) is 0 Å². The predicted octanol–water partition coefficient (Wildman–Crippen LogP) is 2.96. The molecule has 0 unspecified atom stereocenters. The Hall–Kier alpha value is -3.22. The number of ether oxygens (including phenoxy) is 3. The van der Waals surface area contributed by atoms with E-state index in [9.17, 15) is 9.59 Å². The number of carbonyl (C=O) groups is 2. The minimum atomic E-state index is -0.844. The van der Waals surface area contributed by atoms with Gasteiger partial charge in [0.05, 0.1) is 13.7 Å². The van der Waals surface area contributed by atoms with Crippen molar-refractivity contribution >= 4 is 17.6 Å². The summed E-state index contributed by atoms with van der Waals surface area (Å²) in [7, 11) is 1.58. The monoisotopic (exact) mass is 359 g/mol. The first-order chi connectivity index (χ1) is 12.6. The van der Waals surface area contributed by atoms with Gasteiger partial charge in [0.2, 0.25) is 0 Å². The number of rotatable bonds is 10. The molecular formula is C19H21NO6. The summed E-state index contributed by atoms with van der Waals surface area (Å²) in [5.74, 6) is 0.778. The first-order valence-electron chi connectivity index (χ1n) is 8.08. The Kier molecular flexibility index (Phi) is 7.30. The van der Waals surface area contributed by atoms with E-state index >= 15 is 0 Å². The van der Waals surface area contributed by atoms with Crippen LogP contribution in [0.25, 0.3) is 0 Å². The van der Waals surface area contributed by atoms with Crippen molar-refractivity contribution in [1.29, 1.82) is 0 Å². The lowest BCUT2D eigenvalue weighted by Gasteiger charge is -2.09. The quantitative estimate of drug-likeness (QED) is 0.634. The van der Waals surface area contributed by atoms with Gasteiger partial charge in [0.25, 0.3) is 5.91 Å². The second-order valence-electron chi connectivity index (χ2n) is 5.38. The van der Waals surface area contributed by atoms with E-state index in [1.54, 1.807) is 55.6 Å². The molecule has 0 aromatic heterocycles. The number of hydrogen-bond acceptors (Lipinski definition) is 5. The number of hydrogen-bond donors (Lipinski definition) is 2. The van der Waals surface area contributed by atoms with Gasteiger partial charge in [-0.2, -0.15) is 0 Å². The van der Waals surface area contributed by atoms with E-state index in [1.807, 2.05) is 0 Å². The number of nitrogens with one attached hydrogen (secondary N) is 1. The smallest absolute Gasteiger partial charge is 0.303 e. The number of methoxy groups -OCH3 is 1. The molecule has 2 N–H and O–H groups in total. The van der Waals surface area contributed by atoms with Crippen LogP contribution >= 0.6 is 0 Å². The minimum Gasteiger partial charge on any atom is -0.497 e. The second-order valence-corrected chi connectivity index (χ2v) is 5.38. The Morgan fingerprint density at radius 2 is 1.50 bits per heavy atom. The van der Waals surface area contributed by atoms with Crippen LogP contribution in [-0.4, -0.2) is 37.3 Å². The molecule has 2 rings (SSSR count). The molecule has 0 aliphatic heterocycles. The summed E-state index contributed by atoms with van der Waals surface area (Å²) in [6.45, 7) is 0.216. The van der Waals surface area contributed by atoms with Gasteiger partial charge in [0, 0.05) is 12.1 Å². The van der Waals surface area contributed by atoms with Crippen LogP contribution in [0.3, 0.4) is 0 Å². The highest BCUT2D eigenvalue weighted by atomic mass is 16.5. The lowest BCUT2D eigenvalue weighted by atomic mass is 10.3. The maximum Gasteiger partial charge on any atom is 0.303 e. The standard InChI is InChI=1S/C19H21NO6/c1-24-15-8-10-17(11-9-15)26-13-18(21)20-14-4-6-16(7-5-14)25-12-2-3-19(22)23/h4-11H,2-3,12-13H2,1H3,(H,20,21)(H,22,23). The Morgan fingerprint density at radius 1 is 0.923 bits per heavy atom. The van der Waals surface area contributed by atoms with Crippen molar-refractivity contribution in [3.05, 3.63) is 48.5 Å². The molecule has 0 spiro atoms.